The number of oxazole rings is 1. The van der Waals surface area contributed by atoms with Crippen molar-refractivity contribution in [2.24, 2.45) is 5.16 Å². The summed E-state index contributed by atoms with van der Waals surface area (Å²) in [7, 11) is 0. The number of allylic oxidation sites excluding steroid dienone is 5. The molecule has 19 heavy (non-hydrogen) atoms. The van der Waals surface area contributed by atoms with Gasteiger partial charge in [-0.05, 0) is 24.6 Å². The van der Waals surface area contributed by atoms with Gasteiger partial charge in [0.25, 0.3) is 0 Å². The van der Waals surface area contributed by atoms with Crippen molar-refractivity contribution in [3.05, 3.63) is 65.8 Å². The van der Waals surface area contributed by atoms with Crippen LogP contribution >= 0.6 is 0 Å². The molecule has 4 rings (SSSR count). The van der Waals surface area contributed by atoms with E-state index in [0.29, 0.717) is 0 Å². The van der Waals surface area contributed by atoms with Gasteiger partial charge in [-0.15, -0.1) is 0 Å². The van der Waals surface area contributed by atoms with E-state index in [1.165, 1.54) is 6.39 Å². The summed E-state index contributed by atoms with van der Waals surface area (Å²) in [5.74, 6) is 0.818. The second kappa shape index (κ2) is 3.95. The van der Waals surface area contributed by atoms with E-state index in [2.05, 4.69) is 16.2 Å². The maximum atomic E-state index is 5.45. The molecule has 0 spiro atoms. The molecule has 2 heterocycles. The van der Waals surface area contributed by atoms with Crippen LogP contribution in [0, 0.1) is 0 Å². The van der Waals surface area contributed by atoms with Crippen molar-refractivity contribution in [3.8, 4) is 0 Å². The number of hydrogen-bond acceptors (Lipinski definition) is 4. The summed E-state index contributed by atoms with van der Waals surface area (Å²) in [5, 5.41) is 4.17. The number of hydrogen-bond donors (Lipinski definition) is 0. The van der Waals surface area contributed by atoms with Gasteiger partial charge in [-0.1, -0.05) is 29.4 Å². The molecule has 0 amide bonds. The van der Waals surface area contributed by atoms with Gasteiger partial charge in [-0.25, -0.2) is 4.98 Å². The first-order valence-corrected chi connectivity index (χ1v) is 6.07. The fourth-order valence-corrected chi connectivity index (χ4v) is 2.29. The van der Waals surface area contributed by atoms with Gasteiger partial charge >= 0.3 is 0 Å². The lowest BCUT2D eigenvalue weighted by Gasteiger charge is -2.16. The second-order valence-electron chi connectivity index (χ2n) is 4.41. The number of oxime groups is 1. The fraction of sp³-hybridized carbons (Fsp3) is 0.0667. The highest BCUT2D eigenvalue weighted by Crippen LogP contribution is 2.27. The van der Waals surface area contributed by atoms with Crippen LogP contribution in [0.2, 0.25) is 0 Å². The van der Waals surface area contributed by atoms with Crippen molar-refractivity contribution in [2.75, 3.05) is 0 Å². The van der Waals surface area contributed by atoms with Crippen LogP contribution in [0.4, 0.5) is 0 Å². The van der Waals surface area contributed by atoms with E-state index in [9.17, 15) is 0 Å². The zero-order chi connectivity index (χ0) is 12.7. The van der Waals surface area contributed by atoms with Crippen LogP contribution < -0.4 is 0 Å². The van der Waals surface area contributed by atoms with Gasteiger partial charge in [0.05, 0.1) is 0 Å². The van der Waals surface area contributed by atoms with Gasteiger partial charge in [0.1, 0.15) is 11.2 Å². The van der Waals surface area contributed by atoms with Gasteiger partial charge in [0.15, 0.2) is 17.7 Å². The van der Waals surface area contributed by atoms with Gasteiger partial charge in [0.2, 0.25) is 0 Å². The quantitative estimate of drug-likeness (QED) is 0.779. The zero-order valence-electron chi connectivity index (χ0n) is 10.0. The van der Waals surface area contributed by atoms with Crippen molar-refractivity contribution in [1.82, 2.24) is 4.98 Å². The Bertz CT molecular complexity index is 778. The number of aromatic nitrogens is 1. The predicted octanol–water partition coefficient (Wildman–Crippen LogP) is 3.33. The molecule has 1 aliphatic heterocycles. The molecule has 1 aliphatic carbocycles. The molecule has 0 unspecified atom stereocenters. The topological polar surface area (TPSA) is 47.6 Å². The summed E-state index contributed by atoms with van der Waals surface area (Å²) in [6.07, 6.45) is 10.3. The lowest BCUT2D eigenvalue weighted by atomic mass is 10.00. The molecular formula is C15H10N2O2. The average molecular weight is 250 g/mol. The second-order valence-corrected chi connectivity index (χ2v) is 4.41. The van der Waals surface area contributed by atoms with Crippen LogP contribution in [-0.4, -0.2) is 10.7 Å². The molecular weight excluding hydrogens is 240 g/mol. The van der Waals surface area contributed by atoms with E-state index >= 15 is 0 Å². The first-order chi connectivity index (χ1) is 9.42. The molecule has 0 N–H and O–H groups in total. The number of fused-ring (bicyclic) bond motifs is 2. The van der Waals surface area contributed by atoms with Crippen LogP contribution in [0.15, 0.2) is 69.8 Å². The maximum Gasteiger partial charge on any atom is 0.182 e. The van der Waals surface area contributed by atoms with Crippen LogP contribution in [-0.2, 0) is 4.84 Å². The molecule has 1 aromatic carbocycles. The molecule has 0 saturated heterocycles. The number of para-hydroxylation sites is 1. The van der Waals surface area contributed by atoms with Gasteiger partial charge in [-0.2, -0.15) is 0 Å². The summed E-state index contributed by atoms with van der Waals surface area (Å²) < 4.78 is 5.31. The zero-order valence-corrected chi connectivity index (χ0v) is 10.0. The summed E-state index contributed by atoms with van der Waals surface area (Å²) in [5.41, 5.74) is 4.39. The average Bonchev–Trinajstić information content (AvgIpc) is 2.95. The summed E-state index contributed by atoms with van der Waals surface area (Å²) in [6, 6.07) is 5.78. The molecule has 0 saturated carbocycles. The van der Waals surface area contributed by atoms with E-state index in [4.69, 9.17) is 9.25 Å². The smallest absolute Gasteiger partial charge is 0.182 e. The predicted molar refractivity (Wildman–Crippen MR) is 71.6 cm³/mol. The maximum absolute atomic E-state index is 5.45. The molecule has 0 atom stereocenters. The molecule has 4 heteroatoms. The Labute approximate surface area is 109 Å². The highest BCUT2D eigenvalue weighted by atomic mass is 16.6. The number of rotatable bonds is 1. The van der Waals surface area contributed by atoms with Crippen LogP contribution in [0.3, 0.4) is 0 Å². The van der Waals surface area contributed by atoms with E-state index in [1.807, 2.05) is 36.4 Å². The van der Waals surface area contributed by atoms with Crippen molar-refractivity contribution in [3.63, 3.8) is 0 Å². The standard InChI is InChI=1S/C15H10N2O2/c1-2-6-13-10(4-1)8-12(17-19-13)11-5-3-7-14-15(11)16-9-18-14/h1-3,5-9H,4H2. The minimum Gasteiger partial charge on any atom is -0.443 e. The van der Waals surface area contributed by atoms with Gasteiger partial charge in [-0.3, -0.25) is 0 Å². The Balaban J connectivity index is 1.84. The SMILES string of the molecule is C1=CCC2=CC(c3cccc4ocnc34)=NOC2=C1. The van der Waals surface area contributed by atoms with Gasteiger partial charge in [0, 0.05) is 11.1 Å². The third-order valence-corrected chi connectivity index (χ3v) is 3.23. The monoisotopic (exact) mass is 250 g/mol. The molecule has 4 nitrogen and oxygen atoms in total. The van der Waals surface area contributed by atoms with Gasteiger partial charge < -0.3 is 9.25 Å². The Morgan fingerprint density at radius 1 is 1.21 bits per heavy atom. The highest BCUT2D eigenvalue weighted by Gasteiger charge is 2.18. The third kappa shape index (κ3) is 1.61. The van der Waals surface area contributed by atoms with Crippen LogP contribution in [0.5, 0.6) is 0 Å². The largest absolute Gasteiger partial charge is 0.443 e. The Morgan fingerprint density at radius 3 is 3.21 bits per heavy atom. The summed E-state index contributed by atoms with van der Waals surface area (Å²) in [6.45, 7) is 0. The van der Waals surface area contributed by atoms with Crippen LogP contribution in [0.25, 0.3) is 11.1 Å². The van der Waals surface area contributed by atoms with Crippen molar-refractivity contribution in [2.45, 2.75) is 6.42 Å². The Kier molecular flexibility index (Phi) is 2.14. The van der Waals surface area contributed by atoms with Crippen molar-refractivity contribution in [1.29, 1.82) is 0 Å². The van der Waals surface area contributed by atoms with E-state index in [0.717, 1.165) is 40.1 Å². The number of nitrogens with zero attached hydrogens (tertiary/aromatic N) is 2. The molecule has 92 valence electrons. The first kappa shape index (κ1) is 10.3. The molecule has 1 aromatic heterocycles. The Hall–Kier alpha value is -2.62. The third-order valence-electron chi connectivity index (χ3n) is 3.23. The van der Waals surface area contributed by atoms with Crippen LogP contribution in [0.1, 0.15) is 12.0 Å². The van der Waals surface area contributed by atoms with E-state index in [1.54, 1.807) is 0 Å². The van der Waals surface area contributed by atoms with E-state index in [-0.39, 0.29) is 0 Å². The summed E-state index contributed by atoms with van der Waals surface area (Å²) >= 11 is 0. The molecule has 0 fully saturated rings. The fourth-order valence-electron chi connectivity index (χ4n) is 2.29. The molecule has 0 bridgehead atoms. The minimum atomic E-state index is 0.753. The molecule has 2 aliphatic rings. The number of benzene rings is 1. The minimum absolute atomic E-state index is 0.753. The normalized spacial score (nSPS) is 17.4. The lowest BCUT2D eigenvalue weighted by molar-refractivity contribution is 0.231. The molecule has 2 aromatic rings. The van der Waals surface area contributed by atoms with Crippen molar-refractivity contribution < 1.29 is 9.25 Å². The molecule has 0 radical (unpaired) electrons. The Morgan fingerprint density at radius 2 is 2.21 bits per heavy atom. The van der Waals surface area contributed by atoms with Crippen molar-refractivity contribution >= 4 is 16.8 Å². The lowest BCUT2D eigenvalue weighted by Crippen LogP contribution is -2.09. The summed E-state index contributed by atoms with van der Waals surface area (Å²) in [4.78, 5) is 9.68. The van der Waals surface area contributed by atoms with E-state index < -0.39 is 0 Å². The highest BCUT2D eigenvalue weighted by molar-refractivity contribution is 6.15. The first-order valence-electron chi connectivity index (χ1n) is 6.07.